The minimum absolute atomic E-state index is 0.0658. The number of benzene rings is 1. The smallest absolute Gasteiger partial charge is 0.439 e. The number of H-pyrrole nitrogens is 1. The number of fused-ring (bicyclic) bond motifs is 1. The van der Waals surface area contributed by atoms with Crippen LogP contribution < -0.4 is 10.5 Å². The molecular weight excluding hydrogens is 542 g/mol. The summed E-state index contributed by atoms with van der Waals surface area (Å²) < 4.78 is 40.3. The molecule has 0 radical (unpaired) electrons. The van der Waals surface area contributed by atoms with Crippen LogP contribution in [0.2, 0.25) is 5.02 Å². The van der Waals surface area contributed by atoms with Gasteiger partial charge >= 0.3 is 5.76 Å². The van der Waals surface area contributed by atoms with Gasteiger partial charge in [-0.25, -0.2) is 23.5 Å². The molecular formula is C28H25ClF2N6O3. The second-order valence-corrected chi connectivity index (χ2v) is 10.6. The fourth-order valence-corrected chi connectivity index (χ4v) is 5.39. The van der Waals surface area contributed by atoms with Crippen LogP contribution in [-0.2, 0) is 13.2 Å². The summed E-state index contributed by atoms with van der Waals surface area (Å²) in [7, 11) is 0. The quantitative estimate of drug-likeness (QED) is 0.250. The van der Waals surface area contributed by atoms with Gasteiger partial charge in [-0.3, -0.25) is 14.5 Å². The molecule has 4 heterocycles. The lowest BCUT2D eigenvalue weighted by molar-refractivity contribution is 0.248. The number of nitrogens with one attached hydrogen (secondary N) is 1. The van der Waals surface area contributed by atoms with E-state index in [-0.39, 0.29) is 18.2 Å². The molecule has 1 aliphatic carbocycles. The van der Waals surface area contributed by atoms with Gasteiger partial charge in [-0.2, -0.15) is 0 Å². The van der Waals surface area contributed by atoms with Crippen LogP contribution in [-0.4, -0.2) is 29.7 Å². The van der Waals surface area contributed by atoms with Crippen LogP contribution in [0.5, 0.6) is 5.75 Å². The fraction of sp³-hybridized carbons (Fsp3) is 0.321. The van der Waals surface area contributed by atoms with Crippen molar-refractivity contribution in [1.29, 1.82) is 0 Å². The second kappa shape index (κ2) is 10.8. The molecule has 40 heavy (non-hydrogen) atoms. The van der Waals surface area contributed by atoms with E-state index in [0.717, 1.165) is 43.3 Å². The van der Waals surface area contributed by atoms with Crippen LogP contribution in [0, 0.1) is 23.5 Å². The van der Waals surface area contributed by atoms with Crippen LogP contribution in [0.1, 0.15) is 38.4 Å². The molecule has 0 unspecified atom stereocenters. The predicted molar refractivity (Wildman–Crippen MR) is 144 cm³/mol. The van der Waals surface area contributed by atoms with Gasteiger partial charge in [0.2, 0.25) is 5.82 Å². The van der Waals surface area contributed by atoms with Gasteiger partial charge < -0.3 is 9.30 Å². The Hall–Kier alpha value is -4.12. The monoisotopic (exact) mass is 566 g/mol. The third kappa shape index (κ3) is 5.33. The summed E-state index contributed by atoms with van der Waals surface area (Å²) in [5.41, 5.74) is 2.78. The maximum atomic E-state index is 14.4. The van der Waals surface area contributed by atoms with Crippen molar-refractivity contribution in [3.8, 4) is 28.5 Å². The van der Waals surface area contributed by atoms with Gasteiger partial charge in [0, 0.05) is 30.6 Å². The lowest BCUT2D eigenvalue weighted by Gasteiger charge is -2.27. The number of pyridine rings is 2. The topological polar surface area (TPSA) is 112 Å². The van der Waals surface area contributed by atoms with E-state index < -0.39 is 17.4 Å². The molecule has 206 valence electrons. The average molecular weight is 567 g/mol. The fourth-order valence-electron chi connectivity index (χ4n) is 5.22. The minimum atomic E-state index is -0.798. The molecule has 0 spiro atoms. The van der Waals surface area contributed by atoms with Gasteiger partial charge in [0.15, 0.2) is 11.6 Å². The number of aromatic amines is 1. The molecule has 1 saturated carbocycles. The predicted octanol–water partition coefficient (Wildman–Crippen LogP) is 6.17. The maximum absolute atomic E-state index is 14.4. The molecule has 1 aromatic carbocycles. The lowest BCUT2D eigenvalue weighted by Crippen LogP contribution is -2.20. The first-order valence-electron chi connectivity index (χ1n) is 13.0. The first-order chi connectivity index (χ1) is 19.3. The number of hydrogen-bond donors (Lipinski definition) is 1. The number of halogens is 3. The molecule has 0 bridgehead atoms. The summed E-state index contributed by atoms with van der Waals surface area (Å²) in [5.74, 6) is -0.512. The number of hydrogen-bond acceptors (Lipinski definition) is 7. The summed E-state index contributed by atoms with van der Waals surface area (Å²) in [4.78, 5) is 28.1. The number of ether oxygens (including phenoxy) is 1. The summed E-state index contributed by atoms with van der Waals surface area (Å²) in [6.45, 7) is 2.85. The Bertz CT molecular complexity index is 1740. The lowest BCUT2D eigenvalue weighted by atomic mass is 9.83. The molecule has 1 fully saturated rings. The molecule has 4 aromatic heterocycles. The standard InChI is InChI=1S/C28H25ClF2N6O3/c1-15-2-4-16(5-3-15)13-37-24(14-39-23-7-6-19(30)9-20(23)31)33-21-10-22(27-35-28(38)40-36-27)34-25(26(21)37)17-8-18(29)12-32-11-17/h6-12,15-16H,2-5,13-14H2,1H3,(H,35,36,38). The van der Waals surface area contributed by atoms with Gasteiger partial charge in [0.1, 0.15) is 23.9 Å². The summed E-state index contributed by atoms with van der Waals surface area (Å²) in [6, 6.07) is 6.62. The zero-order valence-corrected chi connectivity index (χ0v) is 22.3. The van der Waals surface area contributed by atoms with Crippen molar-refractivity contribution in [1.82, 2.24) is 29.7 Å². The molecule has 0 saturated heterocycles. The first kappa shape index (κ1) is 26.1. The van der Waals surface area contributed by atoms with Crippen LogP contribution in [0.15, 0.2) is 52.0 Å². The zero-order chi connectivity index (χ0) is 27.8. The van der Waals surface area contributed by atoms with E-state index in [1.54, 1.807) is 18.3 Å². The Morgan fingerprint density at radius 1 is 1.12 bits per heavy atom. The van der Waals surface area contributed by atoms with Crippen molar-refractivity contribution in [2.75, 3.05) is 0 Å². The van der Waals surface area contributed by atoms with E-state index in [0.29, 0.717) is 51.7 Å². The van der Waals surface area contributed by atoms with Gasteiger partial charge in [-0.1, -0.05) is 36.5 Å². The van der Waals surface area contributed by atoms with E-state index in [1.165, 1.54) is 12.3 Å². The van der Waals surface area contributed by atoms with E-state index in [9.17, 15) is 13.6 Å². The Balaban J connectivity index is 1.50. The highest BCUT2D eigenvalue weighted by molar-refractivity contribution is 6.30. The molecule has 0 aliphatic heterocycles. The Morgan fingerprint density at radius 3 is 2.67 bits per heavy atom. The van der Waals surface area contributed by atoms with Gasteiger partial charge in [-0.15, -0.1) is 0 Å². The van der Waals surface area contributed by atoms with Crippen molar-refractivity contribution in [3.63, 3.8) is 0 Å². The number of rotatable bonds is 7. The van der Waals surface area contributed by atoms with E-state index in [2.05, 4.69) is 26.6 Å². The summed E-state index contributed by atoms with van der Waals surface area (Å²) in [5, 5.41) is 4.22. The van der Waals surface area contributed by atoms with Crippen LogP contribution >= 0.6 is 11.6 Å². The molecule has 1 aliphatic rings. The Morgan fingerprint density at radius 2 is 1.95 bits per heavy atom. The zero-order valence-electron chi connectivity index (χ0n) is 21.5. The first-order valence-corrected chi connectivity index (χ1v) is 13.4. The number of nitrogens with zero attached hydrogens (tertiary/aromatic N) is 5. The summed E-state index contributed by atoms with van der Waals surface area (Å²) in [6.07, 6.45) is 7.57. The van der Waals surface area contributed by atoms with E-state index in [4.69, 9.17) is 30.8 Å². The average Bonchev–Trinajstić information content (AvgIpc) is 3.52. The van der Waals surface area contributed by atoms with E-state index >= 15 is 0 Å². The molecule has 12 heteroatoms. The summed E-state index contributed by atoms with van der Waals surface area (Å²) >= 11 is 6.29. The van der Waals surface area contributed by atoms with Gasteiger partial charge in [-0.05, 0) is 48.9 Å². The van der Waals surface area contributed by atoms with Gasteiger partial charge in [0.05, 0.1) is 21.7 Å². The van der Waals surface area contributed by atoms with Crippen LogP contribution in [0.4, 0.5) is 8.78 Å². The third-order valence-electron chi connectivity index (χ3n) is 7.29. The van der Waals surface area contributed by atoms with Crippen molar-refractivity contribution in [2.45, 2.75) is 45.8 Å². The largest absolute Gasteiger partial charge is 0.483 e. The molecule has 0 atom stereocenters. The number of aromatic nitrogens is 6. The molecule has 5 aromatic rings. The molecule has 0 amide bonds. The maximum Gasteiger partial charge on any atom is 0.439 e. The molecule has 1 N–H and O–H groups in total. The highest BCUT2D eigenvalue weighted by Crippen LogP contribution is 2.35. The minimum Gasteiger partial charge on any atom is -0.483 e. The van der Waals surface area contributed by atoms with Gasteiger partial charge in [0.25, 0.3) is 0 Å². The Labute approximate surface area is 232 Å². The Kier molecular flexibility index (Phi) is 7.05. The van der Waals surface area contributed by atoms with Crippen molar-refractivity contribution in [2.24, 2.45) is 11.8 Å². The third-order valence-corrected chi connectivity index (χ3v) is 7.50. The highest BCUT2D eigenvalue weighted by atomic mass is 35.5. The second-order valence-electron chi connectivity index (χ2n) is 10.2. The van der Waals surface area contributed by atoms with Crippen molar-refractivity contribution >= 4 is 22.6 Å². The number of imidazole rings is 1. The van der Waals surface area contributed by atoms with Crippen molar-refractivity contribution in [3.05, 3.63) is 75.8 Å². The molecule has 9 nitrogen and oxygen atoms in total. The normalized spacial score (nSPS) is 17.4. The van der Waals surface area contributed by atoms with Crippen LogP contribution in [0.3, 0.4) is 0 Å². The highest BCUT2D eigenvalue weighted by Gasteiger charge is 2.25. The van der Waals surface area contributed by atoms with Crippen molar-refractivity contribution < 1.29 is 18.0 Å². The van der Waals surface area contributed by atoms with Crippen LogP contribution in [0.25, 0.3) is 33.8 Å². The molecule has 6 rings (SSSR count). The SMILES string of the molecule is CC1CCC(Cn2c(COc3ccc(F)cc3F)nc3cc(-c4noc(=O)[nH]4)nc(-c4cncc(Cl)c4)c32)CC1. The van der Waals surface area contributed by atoms with E-state index in [1.807, 2.05) is 0 Å².